The molecule has 0 saturated heterocycles. The van der Waals surface area contributed by atoms with Crippen LogP contribution in [0.3, 0.4) is 0 Å². The van der Waals surface area contributed by atoms with Crippen molar-refractivity contribution < 1.29 is 9.53 Å². The zero-order valence-electron chi connectivity index (χ0n) is 15.2. The molecule has 2 atom stereocenters. The molecule has 6 heteroatoms. The standard InChI is InChI=1S/C21H20N4O2/c1-15(18-5-7-19(8-6-18)25-12-11-23-14-25)24-21(26)16(2)27-20-9-3-17(13-22)4-10-20/h3-12,14-16H,1-2H3,(H,24,26). The van der Waals surface area contributed by atoms with Gasteiger partial charge in [-0.05, 0) is 55.8 Å². The number of hydrogen-bond acceptors (Lipinski definition) is 4. The minimum Gasteiger partial charge on any atom is -0.481 e. The van der Waals surface area contributed by atoms with E-state index in [-0.39, 0.29) is 11.9 Å². The molecule has 3 aromatic rings. The Balaban J connectivity index is 1.58. The number of amides is 1. The summed E-state index contributed by atoms with van der Waals surface area (Å²) in [6.07, 6.45) is 4.70. The van der Waals surface area contributed by atoms with Crippen LogP contribution in [0.15, 0.2) is 67.3 Å². The van der Waals surface area contributed by atoms with Crippen molar-refractivity contribution >= 4 is 5.91 Å². The van der Waals surface area contributed by atoms with E-state index >= 15 is 0 Å². The predicted molar refractivity (Wildman–Crippen MR) is 101 cm³/mol. The molecule has 0 aliphatic rings. The number of ether oxygens (including phenoxy) is 1. The molecule has 27 heavy (non-hydrogen) atoms. The molecule has 0 aliphatic heterocycles. The van der Waals surface area contributed by atoms with Crippen molar-refractivity contribution in [2.75, 3.05) is 0 Å². The molecule has 1 N–H and O–H groups in total. The zero-order chi connectivity index (χ0) is 19.2. The number of carbonyl (C=O) groups is 1. The van der Waals surface area contributed by atoms with Gasteiger partial charge in [-0.1, -0.05) is 12.1 Å². The van der Waals surface area contributed by atoms with Gasteiger partial charge in [0.25, 0.3) is 5.91 Å². The molecule has 3 rings (SSSR count). The van der Waals surface area contributed by atoms with E-state index in [1.807, 2.05) is 48.0 Å². The molecule has 0 bridgehead atoms. The van der Waals surface area contributed by atoms with Crippen LogP contribution in [0.1, 0.15) is 31.0 Å². The van der Waals surface area contributed by atoms with Crippen LogP contribution in [0.4, 0.5) is 0 Å². The topological polar surface area (TPSA) is 79.9 Å². The lowest BCUT2D eigenvalue weighted by molar-refractivity contribution is -0.127. The van der Waals surface area contributed by atoms with Gasteiger partial charge in [0.05, 0.1) is 24.0 Å². The van der Waals surface area contributed by atoms with Crippen LogP contribution < -0.4 is 10.1 Å². The van der Waals surface area contributed by atoms with Gasteiger partial charge in [0.15, 0.2) is 6.10 Å². The second-order valence-electron chi connectivity index (χ2n) is 6.19. The van der Waals surface area contributed by atoms with E-state index in [1.54, 1.807) is 43.7 Å². The number of hydrogen-bond donors (Lipinski definition) is 1. The van der Waals surface area contributed by atoms with Crippen molar-refractivity contribution in [2.45, 2.75) is 26.0 Å². The SMILES string of the molecule is CC(Oc1ccc(C#N)cc1)C(=O)NC(C)c1ccc(-n2ccnc2)cc1. The van der Waals surface area contributed by atoms with Crippen molar-refractivity contribution in [1.29, 1.82) is 5.26 Å². The fraction of sp³-hybridized carbons (Fsp3) is 0.190. The molecule has 6 nitrogen and oxygen atoms in total. The van der Waals surface area contributed by atoms with E-state index in [9.17, 15) is 4.79 Å². The number of nitrogens with one attached hydrogen (secondary N) is 1. The first-order valence-electron chi connectivity index (χ1n) is 8.62. The maximum Gasteiger partial charge on any atom is 0.261 e. The van der Waals surface area contributed by atoms with Crippen LogP contribution >= 0.6 is 0 Å². The summed E-state index contributed by atoms with van der Waals surface area (Å²) in [6, 6.07) is 16.5. The normalized spacial score (nSPS) is 12.6. The summed E-state index contributed by atoms with van der Waals surface area (Å²) in [5.74, 6) is 0.347. The summed E-state index contributed by atoms with van der Waals surface area (Å²) in [4.78, 5) is 16.4. The third-order valence-corrected chi connectivity index (χ3v) is 4.22. The zero-order valence-corrected chi connectivity index (χ0v) is 15.2. The molecule has 1 aromatic heterocycles. The van der Waals surface area contributed by atoms with Crippen LogP contribution in [0, 0.1) is 11.3 Å². The lowest BCUT2D eigenvalue weighted by Gasteiger charge is -2.19. The Bertz CT molecular complexity index is 926. The molecule has 0 radical (unpaired) electrons. The van der Waals surface area contributed by atoms with Gasteiger partial charge in [0.1, 0.15) is 5.75 Å². The van der Waals surface area contributed by atoms with E-state index in [1.165, 1.54) is 0 Å². The quantitative estimate of drug-likeness (QED) is 0.731. The monoisotopic (exact) mass is 360 g/mol. The second kappa shape index (κ2) is 8.19. The Labute approximate surface area is 158 Å². The van der Waals surface area contributed by atoms with Crippen molar-refractivity contribution in [1.82, 2.24) is 14.9 Å². The number of carbonyl (C=O) groups excluding carboxylic acids is 1. The average Bonchev–Trinajstić information content (AvgIpc) is 3.23. The van der Waals surface area contributed by atoms with Gasteiger partial charge in [-0.2, -0.15) is 5.26 Å². The van der Waals surface area contributed by atoms with Crippen molar-refractivity contribution in [2.24, 2.45) is 0 Å². The lowest BCUT2D eigenvalue weighted by atomic mass is 10.1. The molecule has 0 saturated carbocycles. The Morgan fingerprint density at radius 3 is 2.44 bits per heavy atom. The summed E-state index contributed by atoms with van der Waals surface area (Å²) >= 11 is 0. The largest absolute Gasteiger partial charge is 0.481 e. The van der Waals surface area contributed by atoms with Crippen molar-refractivity contribution in [3.63, 3.8) is 0 Å². The average molecular weight is 360 g/mol. The number of nitrogens with zero attached hydrogens (tertiary/aromatic N) is 3. The predicted octanol–water partition coefficient (Wildman–Crippen LogP) is 3.39. The van der Waals surface area contributed by atoms with E-state index in [0.717, 1.165) is 11.3 Å². The molecule has 0 spiro atoms. The first kappa shape index (κ1) is 18.2. The van der Waals surface area contributed by atoms with Gasteiger partial charge in [0, 0.05) is 18.1 Å². The Morgan fingerprint density at radius 1 is 1.15 bits per heavy atom. The maximum absolute atomic E-state index is 12.4. The van der Waals surface area contributed by atoms with Gasteiger partial charge >= 0.3 is 0 Å². The van der Waals surface area contributed by atoms with Gasteiger partial charge in [-0.25, -0.2) is 4.98 Å². The highest BCUT2D eigenvalue weighted by Gasteiger charge is 2.17. The number of benzene rings is 2. The van der Waals surface area contributed by atoms with Crippen LogP contribution in [-0.2, 0) is 4.79 Å². The first-order chi connectivity index (χ1) is 13.1. The van der Waals surface area contributed by atoms with Crippen molar-refractivity contribution in [3.8, 4) is 17.5 Å². The fourth-order valence-electron chi connectivity index (χ4n) is 2.63. The fourth-order valence-corrected chi connectivity index (χ4v) is 2.63. The minimum atomic E-state index is -0.648. The van der Waals surface area contributed by atoms with Crippen LogP contribution in [0.2, 0.25) is 0 Å². The number of nitriles is 1. The Hall–Kier alpha value is -3.59. The highest BCUT2D eigenvalue weighted by molar-refractivity contribution is 5.81. The molecule has 1 heterocycles. The van der Waals surface area contributed by atoms with Crippen LogP contribution in [-0.4, -0.2) is 21.6 Å². The molecule has 136 valence electrons. The van der Waals surface area contributed by atoms with Gasteiger partial charge in [0.2, 0.25) is 0 Å². The van der Waals surface area contributed by atoms with Crippen molar-refractivity contribution in [3.05, 3.63) is 78.4 Å². The molecule has 0 fully saturated rings. The van der Waals surface area contributed by atoms with E-state index in [0.29, 0.717) is 11.3 Å². The third-order valence-electron chi connectivity index (χ3n) is 4.22. The molecule has 2 unspecified atom stereocenters. The molecule has 0 aliphatic carbocycles. The Kier molecular flexibility index (Phi) is 5.53. The second-order valence-corrected chi connectivity index (χ2v) is 6.19. The highest BCUT2D eigenvalue weighted by atomic mass is 16.5. The van der Waals surface area contributed by atoms with Gasteiger partial charge in [-0.3, -0.25) is 4.79 Å². The van der Waals surface area contributed by atoms with Crippen LogP contribution in [0.5, 0.6) is 5.75 Å². The summed E-state index contributed by atoms with van der Waals surface area (Å²) in [6.45, 7) is 3.63. The summed E-state index contributed by atoms with van der Waals surface area (Å²) in [5, 5.41) is 11.8. The first-order valence-corrected chi connectivity index (χ1v) is 8.62. The minimum absolute atomic E-state index is 0.152. The smallest absolute Gasteiger partial charge is 0.261 e. The molecule has 1 amide bonds. The van der Waals surface area contributed by atoms with Crippen LogP contribution in [0.25, 0.3) is 5.69 Å². The third kappa shape index (κ3) is 4.53. The summed E-state index contributed by atoms with van der Waals surface area (Å²) in [7, 11) is 0. The van der Waals surface area contributed by atoms with E-state index in [4.69, 9.17) is 10.00 Å². The van der Waals surface area contributed by atoms with Gasteiger partial charge in [-0.15, -0.1) is 0 Å². The number of aromatic nitrogens is 2. The summed E-state index contributed by atoms with van der Waals surface area (Å²) in [5.41, 5.74) is 2.55. The van der Waals surface area contributed by atoms with Gasteiger partial charge < -0.3 is 14.6 Å². The highest BCUT2D eigenvalue weighted by Crippen LogP contribution is 2.17. The number of rotatable bonds is 6. The molecular formula is C21H20N4O2. The molecular weight excluding hydrogens is 340 g/mol. The maximum atomic E-state index is 12.4. The summed E-state index contributed by atoms with van der Waals surface area (Å²) < 4.78 is 7.57. The number of imidazole rings is 1. The Morgan fingerprint density at radius 2 is 1.85 bits per heavy atom. The van der Waals surface area contributed by atoms with E-state index in [2.05, 4.69) is 10.3 Å². The van der Waals surface area contributed by atoms with E-state index < -0.39 is 6.10 Å². The lowest BCUT2D eigenvalue weighted by Crippen LogP contribution is -2.37. The molecule has 2 aromatic carbocycles.